The highest BCUT2D eigenvalue weighted by atomic mass is 16.4. The fraction of sp³-hybridized carbons (Fsp3) is 0.833. The van der Waals surface area contributed by atoms with E-state index in [0.717, 1.165) is 0 Å². The maximum absolute atomic E-state index is 11.6. The van der Waals surface area contributed by atoms with E-state index in [-0.39, 0.29) is 17.7 Å². The van der Waals surface area contributed by atoms with Gasteiger partial charge in [-0.25, -0.2) is 0 Å². The highest BCUT2D eigenvalue weighted by Crippen LogP contribution is 2.24. The Morgan fingerprint density at radius 2 is 1.75 bits per heavy atom. The fourth-order valence-corrected chi connectivity index (χ4v) is 1.05. The topological polar surface area (TPSA) is 66.4 Å². The van der Waals surface area contributed by atoms with Crippen LogP contribution in [0.3, 0.4) is 0 Å². The number of aliphatic carboxylic acids is 1. The molecule has 1 amide bonds. The molecular formula is C12H23NO3. The molecule has 0 aliphatic rings. The Hall–Kier alpha value is -1.06. The third-order valence-electron chi connectivity index (χ3n) is 3.21. The molecule has 0 saturated heterocycles. The molecule has 0 aliphatic carbocycles. The van der Waals surface area contributed by atoms with Crippen molar-refractivity contribution in [3.8, 4) is 0 Å². The first kappa shape index (κ1) is 14.9. The van der Waals surface area contributed by atoms with E-state index in [0.29, 0.717) is 12.5 Å². The largest absolute Gasteiger partial charge is 0.481 e. The summed E-state index contributed by atoms with van der Waals surface area (Å²) in [5.74, 6) is -1.13. The Labute approximate surface area is 97.4 Å². The number of amides is 1. The predicted octanol–water partition coefficient (Wildman–Crippen LogP) is 1.90. The fourth-order valence-electron chi connectivity index (χ4n) is 1.05. The second-order valence-electron chi connectivity index (χ2n) is 5.36. The lowest BCUT2D eigenvalue weighted by atomic mass is 9.81. The molecule has 16 heavy (non-hydrogen) atoms. The number of carbonyl (C=O) groups excluding carboxylic acids is 1. The normalized spacial score (nSPS) is 13.6. The molecule has 0 aliphatic heterocycles. The molecule has 0 aromatic rings. The van der Waals surface area contributed by atoms with Crippen molar-refractivity contribution in [1.29, 1.82) is 0 Å². The van der Waals surface area contributed by atoms with Gasteiger partial charge < -0.3 is 10.4 Å². The smallest absolute Gasteiger partial charge is 0.304 e. The van der Waals surface area contributed by atoms with Gasteiger partial charge in [-0.2, -0.15) is 0 Å². The number of carbonyl (C=O) groups is 2. The summed E-state index contributed by atoms with van der Waals surface area (Å²) in [6.45, 7) is 10.6. The molecule has 4 nitrogen and oxygen atoms in total. The van der Waals surface area contributed by atoms with Crippen LogP contribution in [-0.4, -0.2) is 23.5 Å². The van der Waals surface area contributed by atoms with Crippen LogP contribution in [0.2, 0.25) is 0 Å². The molecule has 0 heterocycles. The van der Waals surface area contributed by atoms with Crippen molar-refractivity contribution in [1.82, 2.24) is 5.32 Å². The summed E-state index contributed by atoms with van der Waals surface area (Å²) in [5.41, 5.74) is 0.0264. The van der Waals surface area contributed by atoms with E-state index < -0.39 is 11.9 Å². The van der Waals surface area contributed by atoms with Crippen LogP contribution in [0, 0.1) is 17.3 Å². The molecule has 0 fully saturated rings. The van der Waals surface area contributed by atoms with Gasteiger partial charge in [0.05, 0.1) is 6.42 Å². The van der Waals surface area contributed by atoms with E-state index >= 15 is 0 Å². The first-order valence-electron chi connectivity index (χ1n) is 5.66. The number of hydrogen-bond donors (Lipinski definition) is 2. The average molecular weight is 229 g/mol. The Bertz CT molecular complexity index is 259. The van der Waals surface area contributed by atoms with E-state index in [1.165, 1.54) is 0 Å². The molecule has 0 radical (unpaired) electrons. The van der Waals surface area contributed by atoms with Crippen LogP contribution >= 0.6 is 0 Å². The molecule has 4 heteroatoms. The standard InChI is InChI=1S/C12H23NO3/c1-8(2)12(4,5)7-13-11(16)9(3)6-10(14)15/h8-9H,6-7H2,1-5H3,(H,13,16)(H,14,15). The van der Waals surface area contributed by atoms with Crippen molar-refractivity contribution in [3.05, 3.63) is 0 Å². The van der Waals surface area contributed by atoms with Crippen molar-refractivity contribution in [2.75, 3.05) is 6.54 Å². The molecule has 1 atom stereocenters. The lowest BCUT2D eigenvalue weighted by molar-refractivity contribution is -0.140. The molecule has 0 aromatic heterocycles. The predicted molar refractivity (Wildman–Crippen MR) is 63.0 cm³/mol. The van der Waals surface area contributed by atoms with Crippen LogP contribution in [0.25, 0.3) is 0 Å². The van der Waals surface area contributed by atoms with E-state index in [9.17, 15) is 9.59 Å². The molecule has 94 valence electrons. The number of hydrogen-bond acceptors (Lipinski definition) is 2. The van der Waals surface area contributed by atoms with Crippen LogP contribution in [0.4, 0.5) is 0 Å². The van der Waals surface area contributed by atoms with Gasteiger partial charge in [-0.1, -0.05) is 34.6 Å². The average Bonchev–Trinajstić information content (AvgIpc) is 2.12. The monoisotopic (exact) mass is 229 g/mol. The first-order chi connectivity index (χ1) is 7.16. The molecule has 0 bridgehead atoms. The molecule has 1 unspecified atom stereocenters. The number of carboxylic acids is 1. The van der Waals surface area contributed by atoms with E-state index in [1.807, 2.05) is 0 Å². The zero-order chi connectivity index (χ0) is 12.9. The highest BCUT2D eigenvalue weighted by Gasteiger charge is 2.24. The number of carboxylic acid groups (broad SMARTS) is 1. The van der Waals surface area contributed by atoms with Crippen LogP contribution in [0.15, 0.2) is 0 Å². The second kappa shape index (κ2) is 5.87. The molecule has 0 aromatic carbocycles. The van der Waals surface area contributed by atoms with Gasteiger partial charge in [-0.05, 0) is 11.3 Å². The summed E-state index contributed by atoms with van der Waals surface area (Å²) < 4.78 is 0. The van der Waals surface area contributed by atoms with Crippen LogP contribution in [0.1, 0.15) is 41.0 Å². The maximum Gasteiger partial charge on any atom is 0.304 e. The van der Waals surface area contributed by atoms with Crippen molar-refractivity contribution in [2.45, 2.75) is 41.0 Å². The Morgan fingerprint density at radius 3 is 2.12 bits per heavy atom. The van der Waals surface area contributed by atoms with E-state index in [1.54, 1.807) is 6.92 Å². The molecular weight excluding hydrogens is 206 g/mol. The van der Waals surface area contributed by atoms with Gasteiger partial charge in [0.25, 0.3) is 0 Å². The van der Waals surface area contributed by atoms with E-state index in [4.69, 9.17) is 5.11 Å². The zero-order valence-electron chi connectivity index (χ0n) is 10.8. The quantitative estimate of drug-likeness (QED) is 0.731. The zero-order valence-corrected chi connectivity index (χ0v) is 10.8. The Morgan fingerprint density at radius 1 is 1.25 bits per heavy atom. The second-order valence-corrected chi connectivity index (χ2v) is 5.36. The Balaban J connectivity index is 4.12. The van der Waals surface area contributed by atoms with Gasteiger partial charge in [-0.3, -0.25) is 9.59 Å². The van der Waals surface area contributed by atoms with Gasteiger partial charge in [0.2, 0.25) is 5.91 Å². The van der Waals surface area contributed by atoms with Gasteiger partial charge in [0, 0.05) is 12.5 Å². The Kier molecular flexibility index (Phi) is 5.48. The summed E-state index contributed by atoms with van der Waals surface area (Å²) in [5, 5.41) is 11.4. The summed E-state index contributed by atoms with van der Waals surface area (Å²) in [7, 11) is 0. The number of rotatable bonds is 6. The van der Waals surface area contributed by atoms with E-state index in [2.05, 4.69) is 33.0 Å². The minimum absolute atomic E-state index is 0.0264. The first-order valence-corrected chi connectivity index (χ1v) is 5.66. The van der Waals surface area contributed by atoms with Crippen molar-refractivity contribution < 1.29 is 14.7 Å². The third-order valence-corrected chi connectivity index (χ3v) is 3.21. The number of nitrogens with one attached hydrogen (secondary N) is 1. The van der Waals surface area contributed by atoms with Gasteiger partial charge >= 0.3 is 5.97 Å². The van der Waals surface area contributed by atoms with Crippen LogP contribution in [0.5, 0.6) is 0 Å². The van der Waals surface area contributed by atoms with Gasteiger partial charge in [0.15, 0.2) is 0 Å². The van der Waals surface area contributed by atoms with Crippen LogP contribution in [-0.2, 0) is 9.59 Å². The van der Waals surface area contributed by atoms with Crippen molar-refractivity contribution >= 4 is 11.9 Å². The molecule has 0 spiro atoms. The van der Waals surface area contributed by atoms with Crippen molar-refractivity contribution in [2.24, 2.45) is 17.3 Å². The molecule has 0 rings (SSSR count). The minimum Gasteiger partial charge on any atom is -0.481 e. The minimum atomic E-state index is -0.939. The summed E-state index contributed by atoms with van der Waals surface area (Å²) in [6.07, 6.45) is -0.117. The lowest BCUT2D eigenvalue weighted by Crippen LogP contribution is -2.39. The highest BCUT2D eigenvalue weighted by molar-refractivity contribution is 5.82. The third kappa shape index (κ3) is 5.14. The summed E-state index contributed by atoms with van der Waals surface area (Å²) >= 11 is 0. The lowest BCUT2D eigenvalue weighted by Gasteiger charge is -2.29. The van der Waals surface area contributed by atoms with Gasteiger partial charge in [0.1, 0.15) is 0 Å². The van der Waals surface area contributed by atoms with Crippen molar-refractivity contribution in [3.63, 3.8) is 0 Å². The van der Waals surface area contributed by atoms with Gasteiger partial charge in [-0.15, -0.1) is 0 Å². The summed E-state index contributed by atoms with van der Waals surface area (Å²) in [6, 6.07) is 0. The maximum atomic E-state index is 11.6. The summed E-state index contributed by atoms with van der Waals surface area (Å²) in [4.78, 5) is 22.0. The molecule has 0 saturated carbocycles. The molecule has 2 N–H and O–H groups in total. The SMILES string of the molecule is CC(CC(=O)O)C(=O)NCC(C)(C)C(C)C. The van der Waals surface area contributed by atoms with Crippen LogP contribution < -0.4 is 5.32 Å².